The molecule has 0 aromatic carbocycles. The second-order valence-electron chi connectivity index (χ2n) is 4.14. The third-order valence-corrected chi connectivity index (χ3v) is 4.64. The van der Waals surface area contributed by atoms with E-state index in [4.69, 9.17) is 0 Å². The molecule has 2 rings (SSSR count). The lowest BCUT2D eigenvalue weighted by atomic mass is 10.1. The second kappa shape index (κ2) is 5.68. The maximum atomic E-state index is 4.58. The first-order valence-corrected chi connectivity index (χ1v) is 7.49. The first kappa shape index (κ1) is 11.9. The van der Waals surface area contributed by atoms with E-state index in [9.17, 15) is 0 Å². The Morgan fingerprint density at radius 3 is 3.12 bits per heavy atom. The fourth-order valence-corrected chi connectivity index (χ4v) is 3.21. The number of aliphatic imine (C=N–C) groups is 1. The third-order valence-electron chi connectivity index (χ3n) is 2.79. The zero-order valence-corrected chi connectivity index (χ0v) is 11.3. The maximum absolute atomic E-state index is 4.58. The zero-order chi connectivity index (χ0) is 11.4. The molecular formula is C11H17N3S2. The number of rotatable bonds is 3. The number of hydrogen-bond donors (Lipinski definition) is 1. The predicted molar refractivity (Wildman–Crippen MR) is 72.3 cm³/mol. The van der Waals surface area contributed by atoms with E-state index in [2.05, 4.69) is 34.5 Å². The molecule has 2 heterocycles. The fraction of sp³-hybridized carbons (Fsp3) is 0.636. The Kier molecular flexibility index (Phi) is 4.23. The van der Waals surface area contributed by atoms with Gasteiger partial charge in [-0.1, -0.05) is 18.7 Å². The van der Waals surface area contributed by atoms with Crippen LogP contribution in [0.15, 0.2) is 15.9 Å². The van der Waals surface area contributed by atoms with E-state index in [1.807, 2.05) is 17.3 Å². The minimum atomic E-state index is 0.541. The van der Waals surface area contributed by atoms with Crippen LogP contribution in [0.25, 0.3) is 0 Å². The first-order valence-electron chi connectivity index (χ1n) is 5.56. The molecule has 1 aliphatic heterocycles. The second-order valence-corrected chi connectivity index (χ2v) is 5.87. The van der Waals surface area contributed by atoms with Crippen molar-refractivity contribution in [3.63, 3.8) is 0 Å². The lowest BCUT2D eigenvalue weighted by Crippen LogP contribution is -2.41. The van der Waals surface area contributed by atoms with Gasteiger partial charge in [0.15, 0.2) is 5.17 Å². The summed E-state index contributed by atoms with van der Waals surface area (Å²) in [4.78, 5) is 8.82. The quantitative estimate of drug-likeness (QED) is 0.901. The molecule has 2 unspecified atom stereocenters. The summed E-state index contributed by atoms with van der Waals surface area (Å²) in [5.41, 5.74) is 3.02. The normalized spacial score (nSPS) is 28.0. The van der Waals surface area contributed by atoms with Gasteiger partial charge in [0.25, 0.3) is 0 Å². The maximum Gasteiger partial charge on any atom is 0.156 e. The molecule has 2 atom stereocenters. The van der Waals surface area contributed by atoms with E-state index in [-0.39, 0.29) is 0 Å². The molecule has 0 amide bonds. The highest BCUT2D eigenvalue weighted by molar-refractivity contribution is 8.13. The van der Waals surface area contributed by atoms with Crippen molar-refractivity contribution < 1.29 is 0 Å². The van der Waals surface area contributed by atoms with Crippen LogP contribution in [0.2, 0.25) is 0 Å². The molecule has 0 aliphatic carbocycles. The molecule has 1 N–H and O–H groups in total. The van der Waals surface area contributed by atoms with Gasteiger partial charge in [-0.05, 0) is 12.8 Å². The van der Waals surface area contributed by atoms with Gasteiger partial charge in [0.1, 0.15) is 0 Å². The molecule has 0 bridgehead atoms. The van der Waals surface area contributed by atoms with Crippen LogP contribution in [0.1, 0.15) is 19.5 Å². The summed E-state index contributed by atoms with van der Waals surface area (Å²) in [6.45, 7) is 5.33. The lowest BCUT2D eigenvalue weighted by molar-refractivity contribution is 0.490. The molecule has 1 saturated heterocycles. The van der Waals surface area contributed by atoms with Crippen molar-refractivity contribution in [1.29, 1.82) is 0 Å². The Morgan fingerprint density at radius 2 is 2.44 bits per heavy atom. The van der Waals surface area contributed by atoms with E-state index < -0.39 is 0 Å². The van der Waals surface area contributed by atoms with Gasteiger partial charge in [-0.25, -0.2) is 4.98 Å². The average molecular weight is 255 g/mol. The molecular weight excluding hydrogens is 238 g/mol. The van der Waals surface area contributed by atoms with Gasteiger partial charge in [-0.2, -0.15) is 0 Å². The van der Waals surface area contributed by atoms with Crippen molar-refractivity contribution >= 4 is 28.3 Å². The van der Waals surface area contributed by atoms with Gasteiger partial charge in [-0.3, -0.25) is 4.99 Å². The van der Waals surface area contributed by atoms with Gasteiger partial charge < -0.3 is 5.32 Å². The minimum absolute atomic E-state index is 0.541. The van der Waals surface area contributed by atoms with Crippen LogP contribution in [0.4, 0.5) is 0 Å². The average Bonchev–Trinajstić information content (AvgIpc) is 2.76. The van der Waals surface area contributed by atoms with Crippen molar-refractivity contribution in [2.45, 2.75) is 26.3 Å². The standard InChI is InChI=1S/C11H17N3S2/c1-8-5-16-11(14-9(8)2)12-4-3-10-6-15-7-13-10/h6-9H,3-5H2,1-2H3,(H,12,14). The molecule has 1 aromatic rings. The number of amidine groups is 1. The summed E-state index contributed by atoms with van der Waals surface area (Å²) in [6, 6.07) is 0.541. The summed E-state index contributed by atoms with van der Waals surface area (Å²) < 4.78 is 0. The van der Waals surface area contributed by atoms with E-state index in [0.717, 1.165) is 29.7 Å². The molecule has 16 heavy (non-hydrogen) atoms. The summed E-state index contributed by atoms with van der Waals surface area (Å²) in [6.07, 6.45) is 0.944. The lowest BCUT2D eigenvalue weighted by Gasteiger charge is -2.28. The molecule has 5 heteroatoms. The van der Waals surface area contributed by atoms with Crippen LogP contribution >= 0.6 is 23.1 Å². The Bertz CT molecular complexity index is 348. The van der Waals surface area contributed by atoms with E-state index >= 15 is 0 Å². The van der Waals surface area contributed by atoms with Gasteiger partial charge in [0.2, 0.25) is 0 Å². The van der Waals surface area contributed by atoms with Gasteiger partial charge >= 0.3 is 0 Å². The van der Waals surface area contributed by atoms with Crippen LogP contribution in [0.5, 0.6) is 0 Å². The van der Waals surface area contributed by atoms with Crippen LogP contribution < -0.4 is 5.32 Å². The topological polar surface area (TPSA) is 37.3 Å². The Morgan fingerprint density at radius 1 is 1.56 bits per heavy atom. The van der Waals surface area contributed by atoms with Crippen molar-refractivity contribution in [3.8, 4) is 0 Å². The van der Waals surface area contributed by atoms with Crippen molar-refractivity contribution in [2.75, 3.05) is 12.3 Å². The molecule has 1 fully saturated rings. The predicted octanol–water partition coefficient (Wildman–Crippen LogP) is 2.40. The number of aromatic nitrogens is 1. The van der Waals surface area contributed by atoms with Crippen molar-refractivity contribution in [3.05, 3.63) is 16.6 Å². The van der Waals surface area contributed by atoms with Gasteiger partial charge in [0.05, 0.1) is 11.2 Å². The molecule has 3 nitrogen and oxygen atoms in total. The summed E-state index contributed by atoms with van der Waals surface area (Å²) in [5.74, 6) is 1.89. The minimum Gasteiger partial charge on any atom is -0.362 e. The molecule has 0 radical (unpaired) electrons. The van der Waals surface area contributed by atoms with Crippen LogP contribution in [0, 0.1) is 5.92 Å². The number of nitrogens with zero attached hydrogens (tertiary/aromatic N) is 2. The van der Waals surface area contributed by atoms with E-state index in [1.165, 1.54) is 5.75 Å². The van der Waals surface area contributed by atoms with Crippen LogP contribution in [-0.2, 0) is 6.42 Å². The van der Waals surface area contributed by atoms with E-state index in [0.29, 0.717) is 6.04 Å². The number of thioether (sulfide) groups is 1. The smallest absolute Gasteiger partial charge is 0.156 e. The van der Waals surface area contributed by atoms with Crippen LogP contribution in [-0.4, -0.2) is 28.5 Å². The summed E-state index contributed by atoms with van der Waals surface area (Å²) >= 11 is 3.48. The fourth-order valence-electron chi connectivity index (χ4n) is 1.46. The van der Waals surface area contributed by atoms with E-state index in [1.54, 1.807) is 11.3 Å². The highest BCUT2D eigenvalue weighted by Gasteiger charge is 2.20. The Balaban J connectivity index is 1.79. The monoisotopic (exact) mass is 255 g/mol. The first-order chi connectivity index (χ1) is 7.75. The third kappa shape index (κ3) is 3.22. The molecule has 1 aliphatic rings. The highest BCUT2D eigenvalue weighted by Crippen LogP contribution is 2.19. The summed E-state index contributed by atoms with van der Waals surface area (Å²) in [5, 5.41) is 6.63. The number of hydrogen-bond acceptors (Lipinski definition) is 4. The largest absolute Gasteiger partial charge is 0.362 e. The molecule has 0 saturated carbocycles. The van der Waals surface area contributed by atoms with Crippen molar-refractivity contribution in [2.24, 2.45) is 10.9 Å². The Hall–Kier alpha value is -0.550. The molecule has 88 valence electrons. The molecule has 0 spiro atoms. The number of nitrogens with one attached hydrogen (secondary N) is 1. The summed E-state index contributed by atoms with van der Waals surface area (Å²) in [7, 11) is 0. The SMILES string of the molecule is CC1CSC(=NCCc2cscn2)NC1C. The molecule has 1 aromatic heterocycles. The number of thiazole rings is 1. The van der Waals surface area contributed by atoms with Gasteiger partial charge in [0, 0.05) is 30.1 Å². The zero-order valence-electron chi connectivity index (χ0n) is 9.64. The Labute approximate surface area is 105 Å². The van der Waals surface area contributed by atoms with Gasteiger partial charge in [-0.15, -0.1) is 11.3 Å². The van der Waals surface area contributed by atoms with Crippen LogP contribution in [0.3, 0.4) is 0 Å². The van der Waals surface area contributed by atoms with Crippen molar-refractivity contribution in [1.82, 2.24) is 10.3 Å². The highest BCUT2D eigenvalue weighted by atomic mass is 32.2.